The first-order chi connectivity index (χ1) is 14.9. The summed E-state index contributed by atoms with van der Waals surface area (Å²) in [4.78, 5) is 20.8. The largest absolute Gasteiger partial charge is 0.486 e. The van der Waals surface area contributed by atoms with Crippen molar-refractivity contribution in [2.24, 2.45) is 0 Å². The molecule has 0 radical (unpaired) electrons. The first kappa shape index (κ1) is 21.5. The van der Waals surface area contributed by atoms with Crippen LogP contribution in [0.3, 0.4) is 0 Å². The molecule has 0 bridgehead atoms. The molecule has 1 N–H and O–H groups in total. The van der Waals surface area contributed by atoms with Crippen LogP contribution in [0.4, 0.5) is 13.2 Å². The van der Waals surface area contributed by atoms with E-state index in [1.165, 1.54) is 11.8 Å². The number of halogens is 4. The van der Waals surface area contributed by atoms with Crippen LogP contribution in [0.5, 0.6) is 5.75 Å². The van der Waals surface area contributed by atoms with Crippen molar-refractivity contribution in [2.45, 2.75) is 17.7 Å². The SMILES string of the molecule is CSc1nccc(-c2cc(Cl)c3c(c2)C[C@@H](CNC(=O)c2cc(F)c(F)cc2F)O3)n1. The maximum absolute atomic E-state index is 13.8. The molecule has 5 nitrogen and oxygen atoms in total. The van der Waals surface area contributed by atoms with Crippen LogP contribution in [0.15, 0.2) is 41.7 Å². The van der Waals surface area contributed by atoms with E-state index in [4.69, 9.17) is 16.3 Å². The normalized spacial score (nSPS) is 14.8. The molecule has 0 spiro atoms. The maximum atomic E-state index is 13.8. The van der Waals surface area contributed by atoms with Crippen LogP contribution in [0.2, 0.25) is 5.02 Å². The van der Waals surface area contributed by atoms with Crippen LogP contribution in [-0.2, 0) is 6.42 Å². The molecule has 2 aromatic carbocycles. The van der Waals surface area contributed by atoms with Crippen molar-refractivity contribution in [1.29, 1.82) is 0 Å². The molecule has 1 atom stereocenters. The lowest BCUT2D eigenvalue weighted by molar-refractivity contribution is 0.0929. The summed E-state index contributed by atoms with van der Waals surface area (Å²) in [6.07, 6.45) is 3.55. The number of nitrogens with zero attached hydrogens (tertiary/aromatic N) is 2. The molecule has 10 heteroatoms. The van der Waals surface area contributed by atoms with Gasteiger partial charge in [-0.1, -0.05) is 23.4 Å². The molecule has 4 rings (SSSR count). The topological polar surface area (TPSA) is 64.1 Å². The minimum absolute atomic E-state index is 0.0295. The molecule has 0 unspecified atom stereocenters. The van der Waals surface area contributed by atoms with Crippen molar-refractivity contribution in [3.05, 3.63) is 70.1 Å². The molecule has 3 aromatic rings. The van der Waals surface area contributed by atoms with Crippen molar-refractivity contribution < 1.29 is 22.7 Å². The van der Waals surface area contributed by atoms with Gasteiger partial charge >= 0.3 is 0 Å². The molecule has 1 aliphatic rings. The Morgan fingerprint density at radius 3 is 2.77 bits per heavy atom. The average molecular weight is 466 g/mol. The van der Waals surface area contributed by atoms with Gasteiger partial charge in [-0.25, -0.2) is 23.1 Å². The number of hydrogen-bond donors (Lipinski definition) is 1. The van der Waals surface area contributed by atoms with E-state index in [9.17, 15) is 18.0 Å². The number of nitrogens with one attached hydrogen (secondary N) is 1. The predicted molar refractivity (Wildman–Crippen MR) is 111 cm³/mol. The lowest BCUT2D eigenvalue weighted by Crippen LogP contribution is -2.35. The Morgan fingerprint density at radius 2 is 2.00 bits per heavy atom. The molecule has 1 aliphatic heterocycles. The zero-order valence-corrected chi connectivity index (χ0v) is 17.7. The Morgan fingerprint density at radius 1 is 1.23 bits per heavy atom. The molecule has 0 fully saturated rings. The molecule has 0 saturated heterocycles. The smallest absolute Gasteiger partial charge is 0.254 e. The summed E-state index contributed by atoms with van der Waals surface area (Å²) in [5.41, 5.74) is 1.78. The predicted octanol–water partition coefficient (Wildman–Crippen LogP) is 4.67. The van der Waals surface area contributed by atoms with E-state index in [0.717, 1.165) is 16.8 Å². The third-order valence-electron chi connectivity index (χ3n) is 4.71. The number of hydrogen-bond acceptors (Lipinski definition) is 5. The summed E-state index contributed by atoms with van der Waals surface area (Å²) in [5, 5.41) is 3.52. The van der Waals surface area contributed by atoms with E-state index in [1.54, 1.807) is 18.3 Å². The molecule has 160 valence electrons. The quantitative estimate of drug-likeness (QED) is 0.337. The first-order valence-electron chi connectivity index (χ1n) is 9.15. The van der Waals surface area contributed by atoms with Gasteiger partial charge in [0.1, 0.15) is 17.7 Å². The van der Waals surface area contributed by atoms with Crippen molar-refractivity contribution in [3.63, 3.8) is 0 Å². The molecule has 1 amide bonds. The Kier molecular flexibility index (Phi) is 6.06. The zero-order chi connectivity index (χ0) is 22.1. The maximum Gasteiger partial charge on any atom is 0.254 e. The number of carbonyl (C=O) groups excluding carboxylic acids is 1. The van der Waals surface area contributed by atoms with Gasteiger partial charge in [-0.15, -0.1) is 0 Å². The van der Waals surface area contributed by atoms with E-state index < -0.39 is 35.0 Å². The van der Waals surface area contributed by atoms with Gasteiger partial charge in [0, 0.05) is 29.8 Å². The molecular weight excluding hydrogens is 451 g/mol. The minimum atomic E-state index is -1.36. The molecule has 0 saturated carbocycles. The number of rotatable bonds is 5. The van der Waals surface area contributed by atoms with Crippen LogP contribution in [-0.4, -0.2) is 34.8 Å². The summed E-state index contributed by atoms with van der Waals surface area (Å²) in [6.45, 7) is 0.0295. The van der Waals surface area contributed by atoms with E-state index in [1.807, 2.05) is 12.3 Å². The molecule has 2 heterocycles. The van der Waals surface area contributed by atoms with Gasteiger partial charge in [0.05, 0.1) is 22.8 Å². The lowest BCUT2D eigenvalue weighted by atomic mass is 10.0. The van der Waals surface area contributed by atoms with Gasteiger partial charge in [0.25, 0.3) is 5.91 Å². The first-order valence-corrected chi connectivity index (χ1v) is 10.7. The number of ether oxygens (including phenoxy) is 1. The minimum Gasteiger partial charge on any atom is -0.486 e. The fourth-order valence-corrected chi connectivity index (χ4v) is 3.89. The highest BCUT2D eigenvalue weighted by atomic mass is 35.5. The van der Waals surface area contributed by atoms with Gasteiger partial charge in [0.15, 0.2) is 16.8 Å². The molecule has 0 aliphatic carbocycles. The summed E-state index contributed by atoms with van der Waals surface area (Å²) in [7, 11) is 0. The highest BCUT2D eigenvalue weighted by Crippen LogP contribution is 2.39. The summed E-state index contributed by atoms with van der Waals surface area (Å²) in [6, 6.07) is 6.29. The average Bonchev–Trinajstić information content (AvgIpc) is 3.18. The highest BCUT2D eigenvalue weighted by Gasteiger charge is 2.27. The fourth-order valence-electron chi connectivity index (χ4n) is 3.25. The van der Waals surface area contributed by atoms with E-state index in [2.05, 4.69) is 15.3 Å². The van der Waals surface area contributed by atoms with Gasteiger partial charge < -0.3 is 10.1 Å². The van der Waals surface area contributed by atoms with E-state index in [-0.39, 0.29) is 6.54 Å². The van der Waals surface area contributed by atoms with Crippen LogP contribution in [0, 0.1) is 17.5 Å². The number of benzene rings is 2. The monoisotopic (exact) mass is 465 g/mol. The molecular formula is C21H15ClF3N3O2S. The van der Waals surface area contributed by atoms with Gasteiger partial charge in [0.2, 0.25) is 0 Å². The second-order valence-corrected chi connectivity index (χ2v) is 7.96. The summed E-state index contributed by atoms with van der Waals surface area (Å²) < 4.78 is 46.0. The zero-order valence-electron chi connectivity index (χ0n) is 16.1. The number of fused-ring (bicyclic) bond motifs is 1. The van der Waals surface area contributed by atoms with Crippen LogP contribution in [0.25, 0.3) is 11.3 Å². The molecule has 1 aromatic heterocycles. The number of aromatic nitrogens is 2. The summed E-state index contributed by atoms with van der Waals surface area (Å²) >= 11 is 7.81. The number of thioether (sulfide) groups is 1. The lowest BCUT2D eigenvalue weighted by Gasteiger charge is -2.13. The van der Waals surface area contributed by atoms with E-state index in [0.29, 0.717) is 34.5 Å². The second-order valence-electron chi connectivity index (χ2n) is 6.78. The van der Waals surface area contributed by atoms with Crippen molar-refractivity contribution >= 4 is 29.3 Å². The van der Waals surface area contributed by atoms with Gasteiger partial charge in [-0.2, -0.15) is 0 Å². The highest BCUT2D eigenvalue weighted by molar-refractivity contribution is 7.98. The van der Waals surface area contributed by atoms with Crippen molar-refractivity contribution in [1.82, 2.24) is 15.3 Å². The van der Waals surface area contributed by atoms with Crippen molar-refractivity contribution in [3.8, 4) is 17.0 Å². The fraction of sp³-hybridized carbons (Fsp3) is 0.190. The Balaban J connectivity index is 1.47. The Labute approximate surface area is 185 Å². The number of carbonyl (C=O) groups is 1. The molecule has 31 heavy (non-hydrogen) atoms. The van der Waals surface area contributed by atoms with Crippen LogP contribution < -0.4 is 10.1 Å². The Hall–Kier alpha value is -2.78. The third kappa shape index (κ3) is 4.47. The van der Waals surface area contributed by atoms with E-state index >= 15 is 0 Å². The van der Waals surface area contributed by atoms with Crippen LogP contribution >= 0.6 is 23.4 Å². The summed E-state index contributed by atoms with van der Waals surface area (Å²) in [5.74, 6) is -4.17. The van der Waals surface area contributed by atoms with Crippen molar-refractivity contribution in [2.75, 3.05) is 12.8 Å². The number of amides is 1. The van der Waals surface area contributed by atoms with Gasteiger partial charge in [-0.05, 0) is 30.5 Å². The van der Waals surface area contributed by atoms with Crippen LogP contribution in [0.1, 0.15) is 15.9 Å². The van der Waals surface area contributed by atoms with Gasteiger partial charge in [-0.3, -0.25) is 4.79 Å². The third-order valence-corrected chi connectivity index (χ3v) is 5.55. The standard InChI is InChI=1S/C21H15ClF3N3O2S/c1-31-21-26-3-2-18(28-21)10-4-11-5-12(30-19(11)14(22)6-10)9-27-20(29)13-7-16(24)17(25)8-15(13)23/h2-4,6-8,12H,5,9H2,1H3,(H,27,29)/t12-/m0/s1. The second kappa shape index (κ2) is 8.76. The Bertz CT molecular complexity index is 1180.